The molecule has 7 nitrogen and oxygen atoms in total. The molecule has 0 aliphatic rings. The summed E-state index contributed by atoms with van der Waals surface area (Å²) in [5, 5.41) is 11.4. The van der Waals surface area contributed by atoms with E-state index in [9.17, 15) is 18.0 Å². The summed E-state index contributed by atoms with van der Waals surface area (Å²) in [7, 11) is -1.70. The molecule has 1 amide bonds. The lowest BCUT2D eigenvalue weighted by Crippen LogP contribution is -2.32. The number of carboxylic acids is 1. The highest BCUT2D eigenvalue weighted by molar-refractivity contribution is 7.89. The number of thiophene rings is 1. The van der Waals surface area contributed by atoms with E-state index >= 15 is 0 Å². The maximum absolute atomic E-state index is 11.8. The molecule has 0 unspecified atom stereocenters. The van der Waals surface area contributed by atoms with Crippen molar-refractivity contribution in [3.63, 3.8) is 0 Å². The van der Waals surface area contributed by atoms with Crippen LogP contribution < -0.4 is 5.32 Å². The minimum Gasteiger partial charge on any atom is -0.477 e. The first-order chi connectivity index (χ1) is 9.77. The average molecular weight is 334 g/mol. The second-order valence-corrected chi connectivity index (χ2v) is 7.75. The zero-order valence-electron chi connectivity index (χ0n) is 11.8. The van der Waals surface area contributed by atoms with Crippen molar-refractivity contribution in [2.45, 2.75) is 13.3 Å². The van der Waals surface area contributed by atoms with E-state index in [2.05, 4.69) is 5.32 Å². The maximum atomic E-state index is 11.8. The molecule has 0 radical (unpaired) electrons. The van der Waals surface area contributed by atoms with E-state index in [1.807, 2.05) is 0 Å². The Morgan fingerprint density at radius 1 is 1.33 bits per heavy atom. The largest absolute Gasteiger partial charge is 0.477 e. The van der Waals surface area contributed by atoms with Crippen LogP contribution >= 0.6 is 11.3 Å². The van der Waals surface area contributed by atoms with Crippen LogP contribution in [-0.4, -0.2) is 55.6 Å². The monoisotopic (exact) mass is 334 g/mol. The molecular weight excluding hydrogens is 316 g/mol. The number of aromatic carboxylic acids is 1. The minimum absolute atomic E-state index is 0.0447. The van der Waals surface area contributed by atoms with E-state index in [1.165, 1.54) is 23.5 Å². The molecule has 0 aromatic carbocycles. The summed E-state index contributed by atoms with van der Waals surface area (Å²) in [5.41, 5.74) is 0. The first-order valence-electron chi connectivity index (χ1n) is 6.33. The molecule has 0 spiro atoms. The maximum Gasteiger partial charge on any atom is 0.345 e. The molecule has 1 aromatic rings. The molecule has 0 saturated heterocycles. The van der Waals surface area contributed by atoms with Crippen molar-refractivity contribution in [3.05, 3.63) is 21.9 Å². The fourth-order valence-corrected chi connectivity index (χ4v) is 3.13. The van der Waals surface area contributed by atoms with Crippen molar-refractivity contribution in [2.75, 3.05) is 25.9 Å². The van der Waals surface area contributed by atoms with Gasteiger partial charge in [-0.3, -0.25) is 4.79 Å². The van der Waals surface area contributed by atoms with E-state index in [0.29, 0.717) is 24.4 Å². The zero-order chi connectivity index (χ0) is 16.0. The zero-order valence-corrected chi connectivity index (χ0v) is 13.5. The topological polar surface area (TPSA) is 104 Å². The molecule has 1 heterocycles. The fourth-order valence-electron chi connectivity index (χ4n) is 1.53. The van der Waals surface area contributed by atoms with Gasteiger partial charge in [0.15, 0.2) is 0 Å². The van der Waals surface area contributed by atoms with Gasteiger partial charge in [-0.2, -0.15) is 0 Å². The number of carbonyl (C=O) groups is 2. The van der Waals surface area contributed by atoms with Gasteiger partial charge in [0.05, 0.1) is 10.6 Å². The second-order valence-electron chi connectivity index (χ2n) is 4.30. The predicted octanol–water partition coefficient (Wildman–Crippen LogP) is 0.848. The van der Waals surface area contributed by atoms with Crippen LogP contribution in [0.3, 0.4) is 0 Å². The quantitative estimate of drug-likeness (QED) is 0.686. The van der Waals surface area contributed by atoms with Crippen molar-refractivity contribution in [3.8, 4) is 0 Å². The second kappa shape index (κ2) is 7.53. The van der Waals surface area contributed by atoms with Crippen molar-refractivity contribution < 1.29 is 23.1 Å². The lowest BCUT2D eigenvalue weighted by atomic mass is 10.4. The summed E-state index contributed by atoms with van der Waals surface area (Å²) in [4.78, 5) is 22.9. The lowest BCUT2D eigenvalue weighted by Gasteiger charge is -2.15. The van der Waals surface area contributed by atoms with Gasteiger partial charge >= 0.3 is 5.97 Å². The van der Waals surface area contributed by atoms with Gasteiger partial charge in [-0.15, -0.1) is 11.3 Å². The van der Waals surface area contributed by atoms with Crippen molar-refractivity contribution in [2.24, 2.45) is 0 Å². The Hall–Kier alpha value is -1.45. The SMILES string of the molecule is CCS(=O)(=O)N(C)CCCNC(=O)c1ccc(C(=O)O)s1. The Morgan fingerprint density at radius 3 is 2.48 bits per heavy atom. The number of hydrogen-bond acceptors (Lipinski definition) is 5. The number of amides is 1. The Labute approximate surface area is 127 Å². The molecule has 1 rings (SSSR count). The molecule has 0 aliphatic heterocycles. The molecule has 1 aromatic heterocycles. The molecular formula is C12H18N2O5S2. The number of hydrogen-bond donors (Lipinski definition) is 2. The molecule has 0 bridgehead atoms. The van der Waals surface area contributed by atoms with Gasteiger partial charge < -0.3 is 10.4 Å². The highest BCUT2D eigenvalue weighted by Gasteiger charge is 2.15. The van der Waals surface area contributed by atoms with Crippen molar-refractivity contribution >= 4 is 33.2 Å². The van der Waals surface area contributed by atoms with Crippen molar-refractivity contribution in [1.29, 1.82) is 0 Å². The average Bonchev–Trinajstić information content (AvgIpc) is 2.93. The molecule has 0 aliphatic carbocycles. The molecule has 118 valence electrons. The third-order valence-corrected chi connectivity index (χ3v) is 5.75. The van der Waals surface area contributed by atoms with Gasteiger partial charge in [0, 0.05) is 20.1 Å². The normalized spacial score (nSPS) is 11.6. The number of carboxylic acid groups (broad SMARTS) is 1. The Bertz CT molecular complexity index is 609. The van der Waals surface area contributed by atoms with Crippen LogP contribution in [0.5, 0.6) is 0 Å². The third kappa shape index (κ3) is 5.10. The summed E-state index contributed by atoms with van der Waals surface area (Å²) in [5.74, 6) is -1.37. The van der Waals surface area contributed by atoms with Crippen LogP contribution in [-0.2, 0) is 10.0 Å². The van der Waals surface area contributed by atoms with Crippen LogP contribution in [0.15, 0.2) is 12.1 Å². The summed E-state index contributed by atoms with van der Waals surface area (Å²) < 4.78 is 24.3. The highest BCUT2D eigenvalue weighted by atomic mass is 32.2. The van der Waals surface area contributed by atoms with E-state index in [-0.39, 0.29) is 16.5 Å². The predicted molar refractivity (Wildman–Crippen MR) is 80.3 cm³/mol. The first kappa shape index (κ1) is 17.6. The lowest BCUT2D eigenvalue weighted by molar-refractivity contribution is 0.0702. The molecule has 2 N–H and O–H groups in total. The molecule has 9 heteroatoms. The van der Waals surface area contributed by atoms with Gasteiger partial charge in [0.25, 0.3) is 5.91 Å². The van der Waals surface area contributed by atoms with Crippen LogP contribution in [0, 0.1) is 0 Å². The van der Waals surface area contributed by atoms with E-state index in [1.54, 1.807) is 6.92 Å². The number of carbonyl (C=O) groups excluding carboxylic acids is 1. The van der Waals surface area contributed by atoms with Gasteiger partial charge in [-0.25, -0.2) is 17.5 Å². The Kier molecular flexibility index (Phi) is 6.31. The van der Waals surface area contributed by atoms with Gasteiger partial charge in [-0.05, 0) is 25.5 Å². The smallest absolute Gasteiger partial charge is 0.345 e. The van der Waals surface area contributed by atoms with E-state index in [0.717, 1.165) is 11.3 Å². The minimum atomic E-state index is -3.20. The number of nitrogens with one attached hydrogen (secondary N) is 1. The Balaban J connectivity index is 2.39. The molecule has 0 saturated carbocycles. The van der Waals surface area contributed by atoms with E-state index < -0.39 is 16.0 Å². The number of nitrogens with zero attached hydrogens (tertiary/aromatic N) is 1. The van der Waals surface area contributed by atoms with Crippen LogP contribution in [0.25, 0.3) is 0 Å². The standard InChI is InChI=1S/C12H18N2O5S2/c1-3-21(18,19)14(2)8-4-7-13-11(15)9-5-6-10(20-9)12(16)17/h5-6H,3-4,7-8H2,1-2H3,(H,13,15)(H,16,17). The van der Waals surface area contributed by atoms with Crippen molar-refractivity contribution in [1.82, 2.24) is 9.62 Å². The number of sulfonamides is 1. The Morgan fingerprint density at radius 2 is 1.95 bits per heavy atom. The summed E-state index contributed by atoms with van der Waals surface area (Å²) in [6.07, 6.45) is 0.485. The summed E-state index contributed by atoms with van der Waals surface area (Å²) in [6.45, 7) is 2.22. The molecule has 21 heavy (non-hydrogen) atoms. The first-order valence-corrected chi connectivity index (χ1v) is 8.76. The highest BCUT2D eigenvalue weighted by Crippen LogP contribution is 2.16. The number of rotatable bonds is 8. The fraction of sp³-hybridized carbons (Fsp3) is 0.500. The van der Waals surface area contributed by atoms with Gasteiger partial charge in [-0.1, -0.05) is 0 Å². The molecule has 0 fully saturated rings. The summed E-state index contributed by atoms with van der Waals surface area (Å²) >= 11 is 0.903. The van der Waals surface area contributed by atoms with Gasteiger partial charge in [0.2, 0.25) is 10.0 Å². The van der Waals surface area contributed by atoms with Crippen LogP contribution in [0.4, 0.5) is 0 Å². The van der Waals surface area contributed by atoms with Crippen LogP contribution in [0.1, 0.15) is 32.7 Å². The van der Waals surface area contributed by atoms with Gasteiger partial charge in [0.1, 0.15) is 4.88 Å². The van der Waals surface area contributed by atoms with E-state index in [4.69, 9.17) is 5.11 Å². The van der Waals surface area contributed by atoms with Crippen LogP contribution in [0.2, 0.25) is 0 Å². The summed E-state index contributed by atoms with van der Waals surface area (Å²) in [6, 6.07) is 2.83. The molecule has 0 atom stereocenters. The third-order valence-electron chi connectivity index (χ3n) is 2.82.